The minimum atomic E-state index is -0.0568. The average Bonchev–Trinajstić information content (AvgIpc) is 2.88. The third-order valence-electron chi connectivity index (χ3n) is 5.20. The summed E-state index contributed by atoms with van der Waals surface area (Å²) in [5, 5.41) is 10.2. The normalized spacial score (nSPS) is 31.6. The molecule has 3 rings (SSSR count). The van der Waals surface area contributed by atoms with Gasteiger partial charge in [0, 0.05) is 18.5 Å². The van der Waals surface area contributed by atoms with Crippen LogP contribution in [0.1, 0.15) is 49.7 Å². The van der Waals surface area contributed by atoms with Crippen molar-refractivity contribution < 1.29 is 5.11 Å². The smallest absolute Gasteiger partial charge is 0.0583 e. The molecular formula is C18H27NO. The highest BCUT2D eigenvalue weighted by molar-refractivity contribution is 5.21. The summed E-state index contributed by atoms with van der Waals surface area (Å²) in [4.78, 5) is 2.63. The summed E-state index contributed by atoms with van der Waals surface area (Å²) in [6.07, 6.45) is 7.30. The van der Waals surface area contributed by atoms with Crippen LogP contribution in [0, 0.1) is 12.8 Å². The van der Waals surface area contributed by atoms with E-state index in [4.69, 9.17) is 0 Å². The molecule has 0 bridgehead atoms. The van der Waals surface area contributed by atoms with Crippen molar-refractivity contribution in [3.05, 3.63) is 35.4 Å². The van der Waals surface area contributed by atoms with Crippen LogP contribution in [0.3, 0.4) is 0 Å². The molecule has 2 heteroatoms. The monoisotopic (exact) mass is 273 g/mol. The molecule has 1 N–H and O–H groups in total. The predicted octanol–water partition coefficient (Wildman–Crippen LogP) is 3.51. The predicted molar refractivity (Wildman–Crippen MR) is 82.6 cm³/mol. The molecule has 1 saturated carbocycles. The van der Waals surface area contributed by atoms with Crippen molar-refractivity contribution in [1.29, 1.82) is 0 Å². The van der Waals surface area contributed by atoms with Crippen LogP contribution in [0.15, 0.2) is 24.3 Å². The zero-order valence-corrected chi connectivity index (χ0v) is 12.6. The third-order valence-corrected chi connectivity index (χ3v) is 5.20. The first-order valence-electron chi connectivity index (χ1n) is 8.22. The lowest BCUT2D eigenvalue weighted by atomic mass is 9.87. The Hall–Kier alpha value is -0.860. The maximum Gasteiger partial charge on any atom is 0.0583 e. The Balaban J connectivity index is 1.70. The van der Waals surface area contributed by atoms with E-state index in [1.54, 1.807) is 0 Å². The van der Waals surface area contributed by atoms with E-state index in [1.165, 1.54) is 49.8 Å². The van der Waals surface area contributed by atoms with Gasteiger partial charge in [0.05, 0.1) is 6.10 Å². The number of hydrogen-bond donors (Lipinski definition) is 1. The fourth-order valence-electron chi connectivity index (χ4n) is 4.04. The summed E-state index contributed by atoms with van der Waals surface area (Å²) >= 11 is 0. The van der Waals surface area contributed by atoms with Crippen LogP contribution in [-0.2, 0) is 6.54 Å². The van der Waals surface area contributed by atoms with E-state index in [0.717, 1.165) is 13.0 Å². The number of aliphatic hydroxyl groups is 1. The standard InChI is InChI=1S/C18H27NO/c1-14-8-10-15(11-9-14)13-19-12-3-2-6-17(19)16-5-4-7-18(16)20/h8-11,16-18,20H,2-7,12-13H2,1H3. The van der Waals surface area contributed by atoms with Crippen molar-refractivity contribution in [2.24, 2.45) is 5.92 Å². The Morgan fingerprint density at radius 3 is 2.55 bits per heavy atom. The van der Waals surface area contributed by atoms with E-state index in [1.807, 2.05) is 0 Å². The molecule has 1 heterocycles. The van der Waals surface area contributed by atoms with Gasteiger partial charge in [-0.05, 0) is 44.7 Å². The molecule has 2 nitrogen and oxygen atoms in total. The largest absolute Gasteiger partial charge is 0.393 e. The number of hydrogen-bond acceptors (Lipinski definition) is 2. The van der Waals surface area contributed by atoms with E-state index in [9.17, 15) is 5.11 Å². The zero-order valence-electron chi connectivity index (χ0n) is 12.6. The van der Waals surface area contributed by atoms with E-state index < -0.39 is 0 Å². The van der Waals surface area contributed by atoms with Crippen LogP contribution in [-0.4, -0.2) is 28.7 Å². The second-order valence-electron chi connectivity index (χ2n) is 6.68. The van der Waals surface area contributed by atoms with Crippen LogP contribution in [0.5, 0.6) is 0 Å². The minimum Gasteiger partial charge on any atom is -0.393 e. The summed E-state index contributed by atoms with van der Waals surface area (Å²) < 4.78 is 0. The Labute approximate surface area is 122 Å². The van der Waals surface area contributed by atoms with Gasteiger partial charge in [-0.3, -0.25) is 4.90 Å². The van der Waals surface area contributed by atoms with Gasteiger partial charge < -0.3 is 5.11 Å². The van der Waals surface area contributed by atoms with Gasteiger partial charge in [0.1, 0.15) is 0 Å². The summed E-state index contributed by atoms with van der Waals surface area (Å²) in [5.74, 6) is 0.515. The van der Waals surface area contributed by atoms with Crippen LogP contribution >= 0.6 is 0 Å². The van der Waals surface area contributed by atoms with Gasteiger partial charge in [0.25, 0.3) is 0 Å². The van der Waals surface area contributed by atoms with Crippen molar-refractivity contribution >= 4 is 0 Å². The Bertz CT molecular complexity index is 428. The van der Waals surface area contributed by atoms with Crippen molar-refractivity contribution in [1.82, 2.24) is 4.90 Å². The summed E-state index contributed by atoms with van der Waals surface area (Å²) in [5.41, 5.74) is 2.74. The third kappa shape index (κ3) is 3.07. The molecular weight excluding hydrogens is 246 g/mol. The maximum atomic E-state index is 10.2. The molecule has 110 valence electrons. The van der Waals surface area contributed by atoms with Gasteiger partial charge in [-0.1, -0.05) is 42.7 Å². The molecule has 20 heavy (non-hydrogen) atoms. The maximum absolute atomic E-state index is 10.2. The highest BCUT2D eigenvalue weighted by Crippen LogP contribution is 2.35. The minimum absolute atomic E-state index is 0.0568. The van der Waals surface area contributed by atoms with Crippen LogP contribution < -0.4 is 0 Å². The summed E-state index contributed by atoms with van der Waals surface area (Å²) in [6.45, 7) is 4.39. The average molecular weight is 273 g/mol. The van der Waals surface area contributed by atoms with E-state index in [0.29, 0.717) is 12.0 Å². The number of piperidine rings is 1. The van der Waals surface area contributed by atoms with Gasteiger partial charge in [0.2, 0.25) is 0 Å². The molecule has 2 fully saturated rings. The topological polar surface area (TPSA) is 23.5 Å². The molecule has 0 amide bonds. The Morgan fingerprint density at radius 1 is 1.05 bits per heavy atom. The second kappa shape index (κ2) is 6.28. The molecule has 1 aromatic rings. The quantitative estimate of drug-likeness (QED) is 0.911. The van der Waals surface area contributed by atoms with Gasteiger partial charge in [0.15, 0.2) is 0 Å². The first-order valence-corrected chi connectivity index (χ1v) is 8.22. The summed E-state index contributed by atoms with van der Waals surface area (Å²) in [6, 6.07) is 9.53. The Morgan fingerprint density at radius 2 is 1.85 bits per heavy atom. The highest BCUT2D eigenvalue weighted by Gasteiger charge is 2.36. The van der Waals surface area contributed by atoms with E-state index in [2.05, 4.69) is 36.1 Å². The lowest BCUT2D eigenvalue weighted by Crippen LogP contribution is -2.45. The lowest BCUT2D eigenvalue weighted by molar-refractivity contribution is 0.0313. The SMILES string of the molecule is Cc1ccc(CN2CCCCC2C2CCCC2O)cc1. The fraction of sp³-hybridized carbons (Fsp3) is 0.667. The molecule has 2 aliphatic rings. The lowest BCUT2D eigenvalue weighted by Gasteiger charge is -2.40. The summed E-state index contributed by atoms with van der Waals surface area (Å²) in [7, 11) is 0. The number of rotatable bonds is 3. The molecule has 1 aliphatic heterocycles. The molecule has 1 aliphatic carbocycles. The number of aliphatic hydroxyl groups excluding tert-OH is 1. The van der Waals surface area contributed by atoms with Gasteiger partial charge in [-0.15, -0.1) is 0 Å². The zero-order chi connectivity index (χ0) is 13.9. The number of likely N-dealkylation sites (tertiary alicyclic amines) is 1. The molecule has 0 aromatic heterocycles. The van der Waals surface area contributed by atoms with Crippen LogP contribution in [0.2, 0.25) is 0 Å². The molecule has 3 unspecified atom stereocenters. The molecule has 0 radical (unpaired) electrons. The molecule has 0 spiro atoms. The van der Waals surface area contributed by atoms with Gasteiger partial charge in [-0.25, -0.2) is 0 Å². The highest BCUT2D eigenvalue weighted by atomic mass is 16.3. The fourth-order valence-corrected chi connectivity index (χ4v) is 4.04. The Kier molecular flexibility index (Phi) is 4.42. The van der Waals surface area contributed by atoms with Gasteiger partial charge in [-0.2, -0.15) is 0 Å². The van der Waals surface area contributed by atoms with Crippen LogP contribution in [0.25, 0.3) is 0 Å². The molecule has 1 saturated heterocycles. The van der Waals surface area contributed by atoms with E-state index in [-0.39, 0.29) is 6.10 Å². The van der Waals surface area contributed by atoms with Crippen LogP contribution in [0.4, 0.5) is 0 Å². The second-order valence-corrected chi connectivity index (χ2v) is 6.68. The van der Waals surface area contributed by atoms with Gasteiger partial charge >= 0.3 is 0 Å². The number of aryl methyl sites for hydroxylation is 1. The number of benzene rings is 1. The first kappa shape index (κ1) is 14.1. The van der Waals surface area contributed by atoms with Crippen molar-refractivity contribution in [2.75, 3.05) is 6.54 Å². The molecule has 3 atom stereocenters. The first-order chi connectivity index (χ1) is 9.74. The van der Waals surface area contributed by atoms with Crippen molar-refractivity contribution in [2.45, 2.75) is 64.1 Å². The van der Waals surface area contributed by atoms with Crippen molar-refractivity contribution in [3.8, 4) is 0 Å². The van der Waals surface area contributed by atoms with E-state index >= 15 is 0 Å². The number of nitrogens with zero attached hydrogens (tertiary/aromatic N) is 1. The molecule has 1 aromatic carbocycles. The van der Waals surface area contributed by atoms with Crippen molar-refractivity contribution in [3.63, 3.8) is 0 Å².